The maximum Gasteiger partial charge on any atom is 0.0366 e. The molecular formula is C14H22N2. The van der Waals surface area contributed by atoms with Crippen molar-refractivity contribution >= 4 is 5.69 Å². The normalized spacial score (nSPS) is 21.2. The quantitative estimate of drug-likeness (QED) is 0.779. The molecule has 2 heteroatoms. The van der Waals surface area contributed by atoms with Crippen molar-refractivity contribution in [3.63, 3.8) is 0 Å². The number of hydrogen-bond donors (Lipinski definition) is 1. The van der Waals surface area contributed by atoms with Crippen LogP contribution >= 0.6 is 0 Å². The summed E-state index contributed by atoms with van der Waals surface area (Å²) in [6.07, 6.45) is 2.55. The van der Waals surface area contributed by atoms with Crippen LogP contribution in [0.4, 0.5) is 5.69 Å². The summed E-state index contributed by atoms with van der Waals surface area (Å²) in [5, 5.41) is 3.62. The first kappa shape index (κ1) is 11.5. The summed E-state index contributed by atoms with van der Waals surface area (Å²) in [4.78, 5) is 2.49. The van der Waals surface area contributed by atoms with Gasteiger partial charge in [0.25, 0.3) is 0 Å². The summed E-state index contributed by atoms with van der Waals surface area (Å²) in [5.41, 5.74) is 1.55. The van der Waals surface area contributed by atoms with Gasteiger partial charge in [-0.15, -0.1) is 0 Å². The first-order valence-corrected chi connectivity index (χ1v) is 6.22. The van der Waals surface area contributed by atoms with Crippen molar-refractivity contribution in [2.45, 2.75) is 32.2 Å². The van der Waals surface area contributed by atoms with E-state index in [2.05, 4.69) is 54.4 Å². The number of rotatable bonds is 1. The van der Waals surface area contributed by atoms with Gasteiger partial charge < -0.3 is 10.2 Å². The van der Waals surface area contributed by atoms with Gasteiger partial charge in [-0.05, 0) is 45.4 Å². The van der Waals surface area contributed by atoms with Crippen LogP contribution < -0.4 is 10.2 Å². The highest BCUT2D eigenvalue weighted by Gasteiger charge is 2.22. The fourth-order valence-corrected chi connectivity index (χ4v) is 2.33. The maximum absolute atomic E-state index is 3.62. The fourth-order valence-electron chi connectivity index (χ4n) is 2.33. The molecule has 1 aromatic carbocycles. The van der Waals surface area contributed by atoms with Gasteiger partial charge in [-0.1, -0.05) is 18.2 Å². The molecule has 1 aliphatic heterocycles. The molecule has 88 valence electrons. The Balaban J connectivity index is 2.12. The zero-order chi connectivity index (χ0) is 11.4. The molecule has 0 bridgehead atoms. The number of benzene rings is 1. The Labute approximate surface area is 98.7 Å². The van der Waals surface area contributed by atoms with E-state index >= 15 is 0 Å². The average Bonchev–Trinajstić information content (AvgIpc) is 2.25. The first-order chi connectivity index (χ1) is 7.67. The lowest BCUT2D eigenvalue weighted by atomic mass is 10.0. The predicted octanol–water partition coefficient (Wildman–Crippen LogP) is 2.66. The molecule has 1 aromatic rings. The molecule has 2 nitrogen and oxygen atoms in total. The monoisotopic (exact) mass is 218 g/mol. The Hall–Kier alpha value is -1.02. The van der Waals surface area contributed by atoms with Crippen LogP contribution in [0.15, 0.2) is 30.3 Å². The van der Waals surface area contributed by atoms with Crippen LogP contribution in [0.1, 0.15) is 26.7 Å². The molecule has 1 saturated heterocycles. The first-order valence-electron chi connectivity index (χ1n) is 6.22. The van der Waals surface area contributed by atoms with Crippen LogP contribution in [0.25, 0.3) is 0 Å². The largest absolute Gasteiger partial charge is 0.370 e. The molecule has 0 amide bonds. The Morgan fingerprint density at radius 1 is 1.12 bits per heavy atom. The lowest BCUT2D eigenvalue weighted by Crippen LogP contribution is -2.51. The van der Waals surface area contributed by atoms with Crippen LogP contribution in [0.2, 0.25) is 0 Å². The third-order valence-corrected chi connectivity index (χ3v) is 3.17. The second kappa shape index (κ2) is 4.88. The van der Waals surface area contributed by atoms with Crippen molar-refractivity contribution in [1.29, 1.82) is 0 Å². The molecule has 1 heterocycles. The molecule has 2 rings (SSSR count). The van der Waals surface area contributed by atoms with Crippen LogP contribution in [-0.4, -0.2) is 25.2 Å². The third-order valence-electron chi connectivity index (χ3n) is 3.17. The van der Waals surface area contributed by atoms with Crippen molar-refractivity contribution in [3.05, 3.63) is 30.3 Å². The molecule has 0 radical (unpaired) electrons. The highest BCUT2D eigenvalue weighted by Crippen LogP contribution is 2.19. The standard InChI is InChI=1S/C14H22N2/c1-14(2)12-16(11-7-6-10-15-14)13-8-4-3-5-9-13/h3-5,8-9,15H,6-7,10-12H2,1-2H3. The minimum atomic E-state index is 0.205. The molecule has 0 unspecified atom stereocenters. The van der Waals surface area contributed by atoms with Crippen molar-refractivity contribution in [3.8, 4) is 0 Å². The van der Waals surface area contributed by atoms with E-state index in [1.807, 2.05) is 0 Å². The van der Waals surface area contributed by atoms with Gasteiger partial charge in [0, 0.05) is 24.3 Å². The Kier molecular flexibility index (Phi) is 3.49. The minimum absolute atomic E-state index is 0.205. The highest BCUT2D eigenvalue weighted by molar-refractivity contribution is 5.46. The molecule has 1 fully saturated rings. The molecule has 0 spiro atoms. The van der Waals surface area contributed by atoms with Crippen molar-refractivity contribution in [2.24, 2.45) is 0 Å². The topological polar surface area (TPSA) is 15.3 Å². The summed E-state index contributed by atoms with van der Waals surface area (Å²) < 4.78 is 0. The molecular weight excluding hydrogens is 196 g/mol. The van der Waals surface area contributed by atoms with E-state index in [-0.39, 0.29) is 5.54 Å². The van der Waals surface area contributed by atoms with Gasteiger partial charge in [0.15, 0.2) is 0 Å². The zero-order valence-corrected chi connectivity index (χ0v) is 10.4. The molecule has 0 atom stereocenters. The smallest absolute Gasteiger partial charge is 0.0366 e. The van der Waals surface area contributed by atoms with Gasteiger partial charge in [0.2, 0.25) is 0 Å². The average molecular weight is 218 g/mol. The fraction of sp³-hybridized carbons (Fsp3) is 0.571. The van der Waals surface area contributed by atoms with Gasteiger partial charge >= 0.3 is 0 Å². The van der Waals surface area contributed by atoms with E-state index in [0.717, 1.165) is 13.1 Å². The number of nitrogens with one attached hydrogen (secondary N) is 1. The Morgan fingerprint density at radius 3 is 2.62 bits per heavy atom. The van der Waals surface area contributed by atoms with Crippen molar-refractivity contribution in [2.75, 3.05) is 24.5 Å². The van der Waals surface area contributed by atoms with Crippen LogP contribution in [0.3, 0.4) is 0 Å². The summed E-state index contributed by atoms with van der Waals surface area (Å²) in [6, 6.07) is 10.7. The summed E-state index contributed by atoms with van der Waals surface area (Å²) >= 11 is 0. The van der Waals surface area contributed by atoms with Gasteiger partial charge in [0.1, 0.15) is 0 Å². The molecule has 1 aliphatic rings. The maximum atomic E-state index is 3.62. The molecule has 0 aromatic heterocycles. The van der Waals surface area contributed by atoms with E-state index in [0.29, 0.717) is 0 Å². The SMILES string of the molecule is CC1(C)CN(c2ccccc2)CCCCN1. The predicted molar refractivity (Wildman–Crippen MR) is 70.0 cm³/mol. The van der Waals surface area contributed by atoms with Gasteiger partial charge in [-0.25, -0.2) is 0 Å². The van der Waals surface area contributed by atoms with E-state index in [9.17, 15) is 0 Å². The number of nitrogens with zero attached hydrogens (tertiary/aromatic N) is 1. The van der Waals surface area contributed by atoms with Gasteiger partial charge in [-0.3, -0.25) is 0 Å². The van der Waals surface area contributed by atoms with E-state index in [1.54, 1.807) is 0 Å². The summed E-state index contributed by atoms with van der Waals surface area (Å²) in [7, 11) is 0. The molecule has 16 heavy (non-hydrogen) atoms. The zero-order valence-electron chi connectivity index (χ0n) is 10.4. The number of hydrogen-bond acceptors (Lipinski definition) is 2. The Morgan fingerprint density at radius 2 is 1.88 bits per heavy atom. The van der Waals surface area contributed by atoms with Gasteiger partial charge in [-0.2, -0.15) is 0 Å². The van der Waals surface area contributed by atoms with Crippen molar-refractivity contribution < 1.29 is 0 Å². The van der Waals surface area contributed by atoms with E-state index in [1.165, 1.54) is 25.1 Å². The van der Waals surface area contributed by atoms with E-state index in [4.69, 9.17) is 0 Å². The molecule has 1 N–H and O–H groups in total. The lowest BCUT2D eigenvalue weighted by molar-refractivity contribution is 0.364. The number of para-hydroxylation sites is 1. The highest BCUT2D eigenvalue weighted by atomic mass is 15.2. The lowest BCUT2D eigenvalue weighted by Gasteiger charge is -2.37. The third kappa shape index (κ3) is 2.99. The van der Waals surface area contributed by atoms with Crippen molar-refractivity contribution in [1.82, 2.24) is 5.32 Å². The van der Waals surface area contributed by atoms with Crippen LogP contribution in [-0.2, 0) is 0 Å². The summed E-state index contributed by atoms with van der Waals surface area (Å²) in [5.74, 6) is 0. The molecule has 0 aliphatic carbocycles. The Bertz CT molecular complexity index is 319. The van der Waals surface area contributed by atoms with E-state index < -0.39 is 0 Å². The van der Waals surface area contributed by atoms with Crippen LogP contribution in [0.5, 0.6) is 0 Å². The molecule has 0 saturated carbocycles. The minimum Gasteiger partial charge on any atom is -0.370 e. The van der Waals surface area contributed by atoms with Gasteiger partial charge in [0.05, 0.1) is 0 Å². The van der Waals surface area contributed by atoms with Crippen LogP contribution in [0, 0.1) is 0 Å². The number of anilines is 1. The summed E-state index contributed by atoms with van der Waals surface area (Å²) in [6.45, 7) is 7.98. The second-order valence-corrected chi connectivity index (χ2v) is 5.27. The second-order valence-electron chi connectivity index (χ2n) is 5.27.